The van der Waals surface area contributed by atoms with Gasteiger partial charge >= 0.3 is 0 Å². The zero-order chi connectivity index (χ0) is 23.8. The highest BCUT2D eigenvalue weighted by molar-refractivity contribution is 5.57. The monoisotopic (exact) mass is 438 g/mol. The second-order valence-electron chi connectivity index (χ2n) is 11.4. The van der Waals surface area contributed by atoms with Crippen molar-refractivity contribution in [3.05, 3.63) is 57.6 Å². The molecule has 32 heavy (non-hydrogen) atoms. The van der Waals surface area contributed by atoms with Gasteiger partial charge in [-0.25, -0.2) is 0 Å². The molecule has 0 spiro atoms. The molecule has 0 amide bonds. The summed E-state index contributed by atoms with van der Waals surface area (Å²) >= 11 is 0. The van der Waals surface area contributed by atoms with Crippen molar-refractivity contribution in [3.63, 3.8) is 0 Å². The Bertz CT molecular complexity index is 882. The van der Waals surface area contributed by atoms with Gasteiger partial charge in [-0.1, -0.05) is 79.7 Å². The first-order valence-electron chi connectivity index (χ1n) is 12.2. The van der Waals surface area contributed by atoms with E-state index >= 15 is 0 Å². The molecule has 0 aromatic heterocycles. The summed E-state index contributed by atoms with van der Waals surface area (Å²) in [6.07, 6.45) is 3.64. The number of aromatic hydroxyl groups is 2. The molecule has 3 rings (SSSR count). The molecule has 1 aliphatic rings. The Morgan fingerprint density at radius 2 is 1.25 bits per heavy atom. The van der Waals surface area contributed by atoms with Crippen LogP contribution in [0, 0.1) is 0 Å². The van der Waals surface area contributed by atoms with E-state index in [1.165, 1.54) is 11.1 Å². The molecule has 2 aromatic carbocycles. The minimum absolute atomic E-state index is 0.0633. The summed E-state index contributed by atoms with van der Waals surface area (Å²) in [5.41, 5.74) is 5.70. The molecule has 1 aliphatic heterocycles. The number of phenolic OH excluding ortho intramolecular Hbond substituents is 2. The molecule has 0 bridgehead atoms. The fourth-order valence-electron chi connectivity index (χ4n) is 4.90. The van der Waals surface area contributed by atoms with Gasteiger partial charge < -0.3 is 14.9 Å². The van der Waals surface area contributed by atoms with Crippen molar-refractivity contribution in [3.8, 4) is 11.5 Å². The van der Waals surface area contributed by atoms with Crippen LogP contribution in [0.4, 0.5) is 0 Å². The van der Waals surface area contributed by atoms with Gasteiger partial charge in [-0.05, 0) is 58.8 Å². The predicted molar refractivity (Wildman–Crippen MR) is 133 cm³/mol. The van der Waals surface area contributed by atoms with Crippen LogP contribution >= 0.6 is 0 Å². The molecule has 1 fully saturated rings. The summed E-state index contributed by atoms with van der Waals surface area (Å²) in [5.74, 6) is 0.473. The maximum atomic E-state index is 11.5. The quantitative estimate of drug-likeness (QED) is 0.522. The normalized spacial score (nSPS) is 17.3. The number of hydrogen-bond acceptors (Lipinski definition) is 3. The van der Waals surface area contributed by atoms with Crippen LogP contribution in [0.2, 0.25) is 0 Å². The van der Waals surface area contributed by atoms with E-state index in [9.17, 15) is 10.2 Å². The Balaban J connectivity index is 2.34. The molecular weight excluding hydrogens is 396 g/mol. The van der Waals surface area contributed by atoms with Crippen LogP contribution in [0.5, 0.6) is 11.5 Å². The van der Waals surface area contributed by atoms with Gasteiger partial charge in [0.2, 0.25) is 0 Å². The highest BCUT2D eigenvalue weighted by atomic mass is 16.5. The molecule has 3 nitrogen and oxygen atoms in total. The van der Waals surface area contributed by atoms with Gasteiger partial charge in [0.1, 0.15) is 11.5 Å². The highest BCUT2D eigenvalue weighted by Gasteiger charge is 2.36. The van der Waals surface area contributed by atoms with E-state index in [4.69, 9.17) is 4.74 Å². The van der Waals surface area contributed by atoms with Gasteiger partial charge in [0.05, 0.1) is 6.10 Å². The van der Waals surface area contributed by atoms with Gasteiger partial charge in [-0.2, -0.15) is 0 Å². The number of hydrogen-bond donors (Lipinski definition) is 2. The Morgan fingerprint density at radius 3 is 1.56 bits per heavy atom. The zero-order valence-corrected chi connectivity index (χ0v) is 21.3. The van der Waals surface area contributed by atoms with Crippen molar-refractivity contribution < 1.29 is 14.9 Å². The lowest BCUT2D eigenvalue weighted by Gasteiger charge is -2.31. The second-order valence-corrected chi connectivity index (χ2v) is 11.4. The minimum atomic E-state index is -0.210. The molecular formula is C29H42O3. The largest absolute Gasteiger partial charge is 0.507 e. The maximum absolute atomic E-state index is 11.5. The maximum Gasteiger partial charge on any atom is 0.123 e. The lowest BCUT2D eigenvalue weighted by molar-refractivity contribution is 0.0967. The van der Waals surface area contributed by atoms with E-state index in [0.29, 0.717) is 11.5 Å². The van der Waals surface area contributed by atoms with E-state index in [-0.39, 0.29) is 22.9 Å². The minimum Gasteiger partial charge on any atom is -0.507 e. The Kier molecular flexibility index (Phi) is 7.00. The van der Waals surface area contributed by atoms with Gasteiger partial charge in [-0.3, -0.25) is 0 Å². The average molecular weight is 439 g/mol. The molecule has 2 aromatic rings. The summed E-state index contributed by atoms with van der Waals surface area (Å²) in [6, 6.07) is 8.53. The molecule has 0 saturated carbocycles. The number of phenols is 2. The number of aryl methyl sites for hydroxylation is 2. The summed E-state index contributed by atoms with van der Waals surface area (Å²) in [5, 5.41) is 23.1. The molecule has 3 heteroatoms. The summed E-state index contributed by atoms with van der Waals surface area (Å²) in [7, 11) is 0. The van der Waals surface area contributed by atoms with Crippen LogP contribution in [0.3, 0.4) is 0 Å². The number of benzene rings is 2. The lowest BCUT2D eigenvalue weighted by atomic mass is 9.76. The van der Waals surface area contributed by atoms with Gasteiger partial charge in [0.15, 0.2) is 0 Å². The van der Waals surface area contributed by atoms with Crippen molar-refractivity contribution >= 4 is 0 Å². The average Bonchev–Trinajstić information content (AvgIpc) is 3.23. The lowest BCUT2D eigenvalue weighted by Crippen LogP contribution is -2.23. The van der Waals surface area contributed by atoms with Crippen molar-refractivity contribution in [2.75, 3.05) is 6.61 Å². The third-order valence-corrected chi connectivity index (χ3v) is 6.84. The number of rotatable bonds is 5. The molecule has 1 unspecified atom stereocenters. The van der Waals surface area contributed by atoms with Crippen molar-refractivity contribution in [2.24, 2.45) is 0 Å². The molecule has 1 atom stereocenters. The summed E-state index contributed by atoms with van der Waals surface area (Å²) < 4.78 is 6.21. The highest BCUT2D eigenvalue weighted by Crippen LogP contribution is 2.48. The van der Waals surface area contributed by atoms with E-state index in [2.05, 4.69) is 79.7 Å². The predicted octanol–water partition coefficient (Wildman–Crippen LogP) is 7.13. The van der Waals surface area contributed by atoms with Gasteiger partial charge in [-0.15, -0.1) is 0 Å². The van der Waals surface area contributed by atoms with Crippen LogP contribution in [0.25, 0.3) is 0 Å². The first-order valence-corrected chi connectivity index (χ1v) is 12.2. The molecule has 1 heterocycles. The molecule has 1 saturated heterocycles. The second kappa shape index (κ2) is 9.09. The Morgan fingerprint density at radius 1 is 0.812 bits per heavy atom. The van der Waals surface area contributed by atoms with Crippen LogP contribution in [-0.4, -0.2) is 22.9 Å². The van der Waals surface area contributed by atoms with E-state index in [1.807, 2.05) is 0 Å². The molecule has 2 N–H and O–H groups in total. The van der Waals surface area contributed by atoms with E-state index < -0.39 is 0 Å². The fourth-order valence-corrected chi connectivity index (χ4v) is 4.90. The SMILES string of the molecule is CCc1cc(C(c2cc(CC)cc(C(C)(C)C)c2O)C2CCCO2)c(O)c(C(C)(C)C)c1. The first kappa shape index (κ1) is 24.6. The van der Waals surface area contributed by atoms with Gasteiger partial charge in [0.25, 0.3) is 0 Å². The van der Waals surface area contributed by atoms with Gasteiger partial charge in [0, 0.05) is 23.7 Å². The van der Waals surface area contributed by atoms with Crippen molar-refractivity contribution in [2.45, 2.75) is 104 Å². The zero-order valence-electron chi connectivity index (χ0n) is 21.3. The Labute approximate surface area is 194 Å². The van der Waals surface area contributed by atoms with E-state index in [1.54, 1.807) is 0 Å². The molecule has 176 valence electrons. The van der Waals surface area contributed by atoms with Crippen LogP contribution in [-0.2, 0) is 28.4 Å². The van der Waals surface area contributed by atoms with Crippen LogP contribution in [0.15, 0.2) is 24.3 Å². The van der Waals surface area contributed by atoms with Crippen molar-refractivity contribution in [1.29, 1.82) is 0 Å². The Hall–Kier alpha value is -2.00. The van der Waals surface area contributed by atoms with Crippen LogP contribution in [0.1, 0.15) is 108 Å². The third-order valence-electron chi connectivity index (χ3n) is 6.84. The van der Waals surface area contributed by atoms with Crippen LogP contribution < -0.4 is 0 Å². The number of ether oxygens (including phenoxy) is 1. The summed E-state index contributed by atoms with van der Waals surface area (Å²) in [6.45, 7) is 17.9. The summed E-state index contributed by atoms with van der Waals surface area (Å²) in [4.78, 5) is 0. The fraction of sp³-hybridized carbons (Fsp3) is 0.586. The third kappa shape index (κ3) is 4.83. The van der Waals surface area contributed by atoms with Crippen molar-refractivity contribution in [1.82, 2.24) is 0 Å². The molecule has 0 aliphatic carbocycles. The van der Waals surface area contributed by atoms with E-state index in [0.717, 1.165) is 54.5 Å². The standard InChI is InChI=1S/C29H42O3/c1-9-18-14-20(26(30)22(16-18)28(3,4)5)25(24-12-11-13-32-24)21-15-19(10-2)17-23(27(21)31)29(6,7)8/h14-17,24-25,30-31H,9-13H2,1-8H3. The topological polar surface area (TPSA) is 49.7 Å². The molecule has 0 radical (unpaired) electrons. The first-order chi connectivity index (χ1) is 14.9. The smallest absolute Gasteiger partial charge is 0.123 e.